The first-order valence-electron chi connectivity index (χ1n) is 4.70. The average molecular weight is 268 g/mol. The van der Waals surface area contributed by atoms with Crippen LogP contribution in [0, 0.1) is 0 Å². The van der Waals surface area contributed by atoms with E-state index in [0.717, 1.165) is 0 Å². The molecule has 1 aromatic carbocycles. The summed E-state index contributed by atoms with van der Waals surface area (Å²) >= 11 is 3.29. The molecule has 0 aliphatic carbocycles. The molecular weight excluding hydrogens is 258 g/mol. The molecule has 1 aromatic rings. The third kappa shape index (κ3) is 1.40. The standard InChI is InChI=1S/C11H10BrNO2/c1-6(2)13-10(14)7-4-3-5-8(12)9(7)11(13)15/h3-6H,1-2H3. The van der Waals surface area contributed by atoms with Gasteiger partial charge in [0.05, 0.1) is 11.1 Å². The quantitative estimate of drug-likeness (QED) is 0.733. The van der Waals surface area contributed by atoms with Crippen molar-refractivity contribution in [2.24, 2.45) is 0 Å². The minimum Gasteiger partial charge on any atom is -0.272 e. The zero-order valence-corrected chi connectivity index (χ0v) is 10.0. The summed E-state index contributed by atoms with van der Waals surface area (Å²) in [4.78, 5) is 25.1. The molecule has 15 heavy (non-hydrogen) atoms. The Morgan fingerprint density at radius 1 is 1.20 bits per heavy atom. The zero-order chi connectivity index (χ0) is 11.2. The normalized spacial score (nSPS) is 15.1. The van der Waals surface area contributed by atoms with E-state index in [9.17, 15) is 9.59 Å². The third-order valence-electron chi connectivity index (χ3n) is 2.41. The Morgan fingerprint density at radius 3 is 2.40 bits per heavy atom. The van der Waals surface area contributed by atoms with Crippen LogP contribution in [-0.2, 0) is 0 Å². The van der Waals surface area contributed by atoms with Gasteiger partial charge < -0.3 is 0 Å². The van der Waals surface area contributed by atoms with Gasteiger partial charge in [-0.05, 0) is 41.9 Å². The summed E-state index contributed by atoms with van der Waals surface area (Å²) in [6, 6.07) is 5.11. The fourth-order valence-corrected chi connectivity index (χ4v) is 2.27. The largest absolute Gasteiger partial charge is 0.272 e. The number of hydrogen-bond donors (Lipinski definition) is 0. The molecule has 0 aromatic heterocycles. The Kier molecular flexibility index (Phi) is 2.38. The smallest absolute Gasteiger partial charge is 0.262 e. The van der Waals surface area contributed by atoms with E-state index < -0.39 is 0 Å². The first kappa shape index (κ1) is 10.4. The van der Waals surface area contributed by atoms with Crippen molar-refractivity contribution in [3.63, 3.8) is 0 Å². The zero-order valence-electron chi connectivity index (χ0n) is 8.45. The SMILES string of the molecule is CC(C)N1C(=O)c2cccc(Br)c2C1=O. The first-order chi connectivity index (χ1) is 7.04. The molecule has 0 saturated heterocycles. The van der Waals surface area contributed by atoms with Gasteiger partial charge >= 0.3 is 0 Å². The number of halogens is 1. The van der Waals surface area contributed by atoms with Gasteiger partial charge in [0.1, 0.15) is 0 Å². The molecule has 1 aliphatic heterocycles. The number of benzene rings is 1. The molecule has 0 spiro atoms. The molecular formula is C11H10BrNO2. The molecule has 0 fully saturated rings. The number of carbonyl (C=O) groups excluding carboxylic acids is 2. The molecule has 4 heteroatoms. The second-order valence-electron chi connectivity index (χ2n) is 3.74. The van der Waals surface area contributed by atoms with Gasteiger partial charge in [0.15, 0.2) is 0 Å². The number of fused-ring (bicyclic) bond motifs is 1. The van der Waals surface area contributed by atoms with Crippen LogP contribution in [0.15, 0.2) is 22.7 Å². The van der Waals surface area contributed by atoms with Crippen LogP contribution in [0.4, 0.5) is 0 Å². The Balaban J connectivity index is 2.61. The van der Waals surface area contributed by atoms with Crippen LogP contribution >= 0.6 is 15.9 Å². The van der Waals surface area contributed by atoms with Gasteiger partial charge in [-0.3, -0.25) is 14.5 Å². The average Bonchev–Trinajstić information content (AvgIpc) is 2.40. The Morgan fingerprint density at radius 2 is 1.87 bits per heavy atom. The van der Waals surface area contributed by atoms with E-state index in [1.165, 1.54) is 4.90 Å². The third-order valence-corrected chi connectivity index (χ3v) is 3.07. The van der Waals surface area contributed by atoms with Crippen molar-refractivity contribution in [2.75, 3.05) is 0 Å². The first-order valence-corrected chi connectivity index (χ1v) is 5.49. The van der Waals surface area contributed by atoms with Crippen LogP contribution in [0.2, 0.25) is 0 Å². The lowest BCUT2D eigenvalue weighted by molar-refractivity contribution is 0.0609. The summed E-state index contributed by atoms with van der Waals surface area (Å²) < 4.78 is 0.682. The van der Waals surface area contributed by atoms with Gasteiger partial charge in [-0.25, -0.2) is 0 Å². The van der Waals surface area contributed by atoms with Gasteiger partial charge in [0.25, 0.3) is 11.8 Å². The molecule has 0 atom stereocenters. The fourth-order valence-electron chi connectivity index (χ4n) is 1.73. The predicted molar refractivity (Wildman–Crippen MR) is 59.8 cm³/mol. The molecule has 1 aliphatic rings. The van der Waals surface area contributed by atoms with Gasteiger partial charge in [-0.1, -0.05) is 6.07 Å². The molecule has 0 bridgehead atoms. The lowest BCUT2D eigenvalue weighted by Crippen LogP contribution is -2.35. The van der Waals surface area contributed by atoms with Crippen molar-refractivity contribution in [3.8, 4) is 0 Å². The number of amides is 2. The minimum absolute atomic E-state index is 0.107. The highest BCUT2D eigenvalue weighted by Gasteiger charge is 2.38. The number of imide groups is 1. The van der Waals surface area contributed by atoms with E-state index in [2.05, 4.69) is 15.9 Å². The highest BCUT2D eigenvalue weighted by Crippen LogP contribution is 2.30. The maximum Gasteiger partial charge on any atom is 0.262 e. The van der Waals surface area contributed by atoms with Gasteiger partial charge in [-0.15, -0.1) is 0 Å². The Hall–Kier alpha value is -1.16. The Bertz CT molecular complexity index is 454. The Labute approximate surface area is 96.2 Å². The summed E-state index contributed by atoms with van der Waals surface area (Å²) in [5, 5.41) is 0. The molecule has 2 rings (SSSR count). The van der Waals surface area contributed by atoms with Gasteiger partial charge in [0, 0.05) is 10.5 Å². The maximum absolute atomic E-state index is 11.9. The molecule has 78 valence electrons. The molecule has 0 N–H and O–H groups in total. The van der Waals surface area contributed by atoms with Gasteiger partial charge in [0.2, 0.25) is 0 Å². The van der Waals surface area contributed by atoms with Crippen molar-refractivity contribution in [1.82, 2.24) is 4.90 Å². The minimum atomic E-state index is -0.211. The van der Waals surface area contributed by atoms with Crippen LogP contribution in [0.1, 0.15) is 34.6 Å². The van der Waals surface area contributed by atoms with Crippen LogP contribution in [0.25, 0.3) is 0 Å². The molecule has 0 saturated carbocycles. The van der Waals surface area contributed by atoms with Crippen LogP contribution in [0.3, 0.4) is 0 Å². The van der Waals surface area contributed by atoms with E-state index in [1.54, 1.807) is 18.2 Å². The summed E-state index contributed by atoms with van der Waals surface area (Å²) in [7, 11) is 0. The summed E-state index contributed by atoms with van der Waals surface area (Å²) in [5.74, 6) is -0.413. The summed E-state index contributed by atoms with van der Waals surface area (Å²) in [6.45, 7) is 3.66. The van der Waals surface area contributed by atoms with E-state index in [4.69, 9.17) is 0 Å². The topological polar surface area (TPSA) is 37.4 Å². The highest BCUT2D eigenvalue weighted by molar-refractivity contribution is 9.10. The second kappa shape index (κ2) is 3.45. The van der Waals surface area contributed by atoms with Crippen molar-refractivity contribution < 1.29 is 9.59 Å². The van der Waals surface area contributed by atoms with Crippen LogP contribution in [0.5, 0.6) is 0 Å². The molecule has 3 nitrogen and oxygen atoms in total. The predicted octanol–water partition coefficient (Wildman–Crippen LogP) is 2.45. The van der Waals surface area contributed by atoms with Crippen molar-refractivity contribution in [2.45, 2.75) is 19.9 Å². The molecule has 1 heterocycles. The second-order valence-corrected chi connectivity index (χ2v) is 4.59. The number of carbonyl (C=O) groups is 2. The van der Waals surface area contributed by atoms with Crippen LogP contribution in [-0.4, -0.2) is 22.8 Å². The fraction of sp³-hybridized carbons (Fsp3) is 0.273. The molecule has 0 radical (unpaired) electrons. The summed E-state index contributed by atoms with van der Waals surface area (Å²) in [6.07, 6.45) is 0. The van der Waals surface area contributed by atoms with Gasteiger partial charge in [-0.2, -0.15) is 0 Å². The highest BCUT2D eigenvalue weighted by atomic mass is 79.9. The van der Waals surface area contributed by atoms with Crippen molar-refractivity contribution in [3.05, 3.63) is 33.8 Å². The van der Waals surface area contributed by atoms with E-state index in [0.29, 0.717) is 15.6 Å². The number of rotatable bonds is 1. The lowest BCUT2D eigenvalue weighted by Gasteiger charge is -2.17. The lowest BCUT2D eigenvalue weighted by atomic mass is 10.1. The number of hydrogen-bond acceptors (Lipinski definition) is 2. The maximum atomic E-state index is 11.9. The molecule has 2 amide bonds. The van der Waals surface area contributed by atoms with E-state index in [1.807, 2.05) is 13.8 Å². The van der Waals surface area contributed by atoms with Crippen LogP contribution < -0.4 is 0 Å². The van der Waals surface area contributed by atoms with E-state index >= 15 is 0 Å². The van der Waals surface area contributed by atoms with Crippen molar-refractivity contribution in [1.29, 1.82) is 0 Å². The molecule has 0 unspecified atom stereocenters. The monoisotopic (exact) mass is 267 g/mol. The number of nitrogens with zero attached hydrogens (tertiary/aromatic N) is 1. The van der Waals surface area contributed by atoms with Crippen molar-refractivity contribution >= 4 is 27.7 Å². The summed E-state index contributed by atoms with van der Waals surface area (Å²) in [5.41, 5.74) is 0.972. The van der Waals surface area contributed by atoms with E-state index in [-0.39, 0.29) is 17.9 Å².